The molecule has 4 amide bonds. The molecule has 10 nitrogen and oxygen atoms in total. The number of carbonyl (C=O) groups excluding carboxylic acids is 4. The third-order valence-electron chi connectivity index (χ3n) is 9.51. The molecule has 0 aromatic rings. The molecule has 45 heavy (non-hydrogen) atoms. The molecular formula is C35H63N5O5. The number of hydrogen-bond donors (Lipinski definition) is 3. The van der Waals surface area contributed by atoms with Crippen LogP contribution in [-0.2, 0) is 19.2 Å². The second kappa shape index (κ2) is 15.9. The molecule has 0 saturated carbocycles. The zero-order valence-electron chi connectivity index (χ0n) is 30.2. The highest BCUT2D eigenvalue weighted by Gasteiger charge is 2.41. The molecule has 0 radical (unpaired) electrons. The van der Waals surface area contributed by atoms with E-state index in [0.717, 1.165) is 25.8 Å². The Kier molecular flexibility index (Phi) is 13.7. The first kappa shape index (κ1) is 38.7. The van der Waals surface area contributed by atoms with Gasteiger partial charge in [-0.3, -0.25) is 24.1 Å². The predicted octanol–water partition coefficient (Wildman–Crippen LogP) is 3.72. The van der Waals surface area contributed by atoms with Crippen molar-refractivity contribution in [3.63, 3.8) is 0 Å². The number of carbonyl (C=O) groups is 4. The molecule has 10 heteroatoms. The molecule has 2 aliphatic rings. The normalized spacial score (nSPS) is 22.3. The molecular weight excluding hydrogens is 570 g/mol. The molecule has 0 spiro atoms. The van der Waals surface area contributed by atoms with Gasteiger partial charge in [0.25, 0.3) is 0 Å². The lowest BCUT2D eigenvalue weighted by Gasteiger charge is -2.41. The largest absolute Gasteiger partial charge is 0.394 e. The highest BCUT2D eigenvalue weighted by atomic mass is 16.3. The van der Waals surface area contributed by atoms with Crippen molar-refractivity contribution in [1.82, 2.24) is 25.3 Å². The Labute approximate surface area is 272 Å². The van der Waals surface area contributed by atoms with E-state index in [1.807, 2.05) is 61.5 Å². The molecule has 3 N–H and O–H groups in total. The van der Waals surface area contributed by atoms with Gasteiger partial charge in [-0.2, -0.15) is 0 Å². The molecule has 5 atom stereocenters. The number of aliphatic hydroxyl groups is 1. The Morgan fingerprint density at radius 3 is 1.96 bits per heavy atom. The quantitative estimate of drug-likeness (QED) is 0.298. The van der Waals surface area contributed by atoms with Crippen molar-refractivity contribution in [3.05, 3.63) is 11.6 Å². The van der Waals surface area contributed by atoms with Gasteiger partial charge < -0.3 is 25.5 Å². The second-order valence-electron chi connectivity index (χ2n) is 16.0. The Balaban J connectivity index is 2.27. The van der Waals surface area contributed by atoms with Crippen molar-refractivity contribution in [1.29, 1.82) is 0 Å². The van der Waals surface area contributed by atoms with Gasteiger partial charge in [0.2, 0.25) is 23.6 Å². The summed E-state index contributed by atoms with van der Waals surface area (Å²) >= 11 is 0. The number of likely N-dealkylation sites (tertiary alicyclic amines) is 2. The summed E-state index contributed by atoms with van der Waals surface area (Å²) in [5, 5.41) is 15.9. The minimum atomic E-state index is -0.745. The van der Waals surface area contributed by atoms with Crippen LogP contribution in [0.1, 0.15) is 108 Å². The lowest BCUT2D eigenvalue weighted by molar-refractivity contribution is -0.142. The molecule has 2 saturated heterocycles. The predicted molar refractivity (Wildman–Crippen MR) is 179 cm³/mol. The van der Waals surface area contributed by atoms with E-state index in [2.05, 4.69) is 29.4 Å². The third kappa shape index (κ3) is 10.0. The van der Waals surface area contributed by atoms with Gasteiger partial charge in [-0.25, -0.2) is 0 Å². The van der Waals surface area contributed by atoms with Crippen LogP contribution in [0.25, 0.3) is 0 Å². The number of amides is 4. The van der Waals surface area contributed by atoms with Gasteiger partial charge in [0.15, 0.2) is 0 Å². The Hall–Kier alpha value is -2.46. The van der Waals surface area contributed by atoms with Gasteiger partial charge in [0, 0.05) is 25.2 Å². The molecule has 258 valence electrons. The van der Waals surface area contributed by atoms with Crippen LogP contribution in [0.15, 0.2) is 11.6 Å². The van der Waals surface area contributed by atoms with Crippen LogP contribution in [0.3, 0.4) is 0 Å². The van der Waals surface area contributed by atoms with Crippen LogP contribution in [0.2, 0.25) is 0 Å². The summed E-state index contributed by atoms with van der Waals surface area (Å²) in [5.74, 6) is -0.812. The number of likely N-dealkylation sites (N-methyl/N-ethyl adjacent to an activating group) is 1. The number of hydrogen-bond acceptors (Lipinski definition) is 6. The first-order valence-corrected chi connectivity index (χ1v) is 17.0. The Bertz CT molecular complexity index is 1070. The number of piperidine rings is 1. The van der Waals surface area contributed by atoms with Gasteiger partial charge >= 0.3 is 0 Å². The first-order chi connectivity index (χ1) is 20.7. The molecule has 2 fully saturated rings. The zero-order chi connectivity index (χ0) is 34.4. The maximum atomic E-state index is 14.1. The van der Waals surface area contributed by atoms with Crippen molar-refractivity contribution >= 4 is 23.6 Å². The smallest absolute Gasteiger partial charge is 0.249 e. The molecule has 0 aromatic carbocycles. The Morgan fingerprint density at radius 1 is 0.867 bits per heavy atom. The van der Waals surface area contributed by atoms with E-state index in [4.69, 9.17) is 0 Å². The molecule has 0 aliphatic carbocycles. The van der Waals surface area contributed by atoms with E-state index in [1.165, 1.54) is 0 Å². The number of nitrogens with zero attached hydrogens (tertiary/aromatic N) is 3. The summed E-state index contributed by atoms with van der Waals surface area (Å²) in [6.45, 7) is 22.8. The van der Waals surface area contributed by atoms with Crippen LogP contribution in [0, 0.1) is 16.7 Å². The van der Waals surface area contributed by atoms with E-state index in [0.29, 0.717) is 25.0 Å². The van der Waals surface area contributed by atoms with Crippen molar-refractivity contribution in [2.24, 2.45) is 16.7 Å². The lowest BCUT2D eigenvalue weighted by Crippen LogP contribution is -2.60. The second-order valence-corrected chi connectivity index (χ2v) is 16.0. The van der Waals surface area contributed by atoms with Gasteiger partial charge in [0.05, 0.1) is 24.7 Å². The monoisotopic (exact) mass is 633 g/mol. The summed E-state index contributed by atoms with van der Waals surface area (Å²) in [6, 6.07) is -2.21. The fourth-order valence-electron chi connectivity index (χ4n) is 6.48. The van der Waals surface area contributed by atoms with Crippen LogP contribution in [0.5, 0.6) is 0 Å². The zero-order valence-corrected chi connectivity index (χ0v) is 30.2. The minimum absolute atomic E-state index is 0.0115. The van der Waals surface area contributed by atoms with Crippen molar-refractivity contribution in [2.75, 3.05) is 26.7 Å². The third-order valence-corrected chi connectivity index (χ3v) is 9.51. The van der Waals surface area contributed by atoms with E-state index >= 15 is 0 Å². The molecule has 2 aliphatic heterocycles. The van der Waals surface area contributed by atoms with Gasteiger partial charge in [0.1, 0.15) is 12.1 Å². The highest BCUT2D eigenvalue weighted by molar-refractivity contribution is 5.97. The number of aliphatic hydroxyl groups excluding tert-OH is 1. The van der Waals surface area contributed by atoms with Crippen LogP contribution < -0.4 is 10.6 Å². The summed E-state index contributed by atoms with van der Waals surface area (Å²) in [5.41, 5.74) is -0.401. The minimum Gasteiger partial charge on any atom is -0.394 e. The average molecular weight is 634 g/mol. The summed E-state index contributed by atoms with van der Waals surface area (Å²) in [4.78, 5) is 60.2. The van der Waals surface area contributed by atoms with Crippen molar-refractivity contribution in [3.8, 4) is 0 Å². The summed E-state index contributed by atoms with van der Waals surface area (Å²) in [6.07, 6.45) is 5.92. The van der Waals surface area contributed by atoms with Crippen LogP contribution in [0.4, 0.5) is 0 Å². The number of nitrogens with one attached hydrogen (secondary N) is 2. The maximum Gasteiger partial charge on any atom is 0.249 e. The van der Waals surface area contributed by atoms with E-state index in [1.54, 1.807) is 23.8 Å². The fourth-order valence-corrected chi connectivity index (χ4v) is 6.48. The van der Waals surface area contributed by atoms with E-state index in [-0.39, 0.29) is 53.7 Å². The highest BCUT2D eigenvalue weighted by Crippen LogP contribution is 2.27. The average Bonchev–Trinajstić information content (AvgIpc) is 3.44. The molecule has 0 bridgehead atoms. The number of rotatable bonds is 11. The van der Waals surface area contributed by atoms with Crippen LogP contribution >= 0.6 is 0 Å². The fraction of sp³-hybridized carbons (Fsp3) is 0.829. The topological polar surface area (TPSA) is 122 Å². The lowest BCUT2D eigenvalue weighted by atomic mass is 9.84. The first-order valence-electron chi connectivity index (χ1n) is 17.0. The molecule has 0 aromatic heterocycles. The molecule has 2 rings (SSSR count). The standard InChI is InChI=1S/C35H63N5O5/c1-22(2)27(20-24(5)32(44)40-19-15-17-26(40)30(42)36-28(21-41)34(6,7)8)38(12)33(45)29(35(9,10)11)37-31(43)25-16-13-14-18-39(25)23(3)4/h20,22-23,25-29,41H,13-19,21H2,1-12H3,(H,36,42)(H,37,43)/b24-20+/t25-,26?,27-,28?,29?/m1/s1. The van der Waals surface area contributed by atoms with E-state index < -0.39 is 29.6 Å². The van der Waals surface area contributed by atoms with E-state index in [9.17, 15) is 24.3 Å². The summed E-state index contributed by atoms with van der Waals surface area (Å²) < 4.78 is 0. The molecule has 2 heterocycles. The Morgan fingerprint density at radius 2 is 1.44 bits per heavy atom. The maximum absolute atomic E-state index is 14.1. The van der Waals surface area contributed by atoms with Crippen molar-refractivity contribution in [2.45, 2.75) is 145 Å². The van der Waals surface area contributed by atoms with Crippen molar-refractivity contribution < 1.29 is 24.3 Å². The van der Waals surface area contributed by atoms with Gasteiger partial charge in [-0.1, -0.05) is 67.9 Å². The van der Waals surface area contributed by atoms with Crippen LogP contribution in [-0.4, -0.2) is 106 Å². The summed E-state index contributed by atoms with van der Waals surface area (Å²) in [7, 11) is 1.74. The van der Waals surface area contributed by atoms with Gasteiger partial charge in [-0.15, -0.1) is 0 Å². The molecule has 3 unspecified atom stereocenters. The SMILES string of the molecule is C/C(=C\[C@H](C(C)C)N(C)C(=O)C(NC(=O)[C@H]1CCCCN1C(C)C)C(C)(C)C)C(=O)N1CCCC1C(=O)NC(CO)C(C)(C)C. The van der Waals surface area contributed by atoms with Gasteiger partial charge in [-0.05, 0) is 69.7 Å².